The maximum atomic E-state index is 12.3. The van der Waals surface area contributed by atoms with Crippen LogP contribution in [-0.2, 0) is 4.79 Å². The van der Waals surface area contributed by atoms with Gasteiger partial charge in [-0.15, -0.1) is 0 Å². The Bertz CT molecular complexity index is 682. The van der Waals surface area contributed by atoms with Crippen LogP contribution in [0.2, 0.25) is 0 Å². The Morgan fingerprint density at radius 1 is 1.14 bits per heavy atom. The summed E-state index contributed by atoms with van der Waals surface area (Å²) in [6.07, 6.45) is -0.234. The Morgan fingerprint density at radius 2 is 1.82 bits per heavy atom. The molecule has 114 valence electrons. The number of nitrogens with one attached hydrogen (secondary N) is 1. The van der Waals surface area contributed by atoms with Gasteiger partial charge in [0.15, 0.2) is 0 Å². The molecule has 1 amide bonds. The lowest BCUT2D eigenvalue weighted by Crippen LogP contribution is -2.30. The number of hydrogen-bond acceptors (Lipinski definition) is 3. The van der Waals surface area contributed by atoms with Crippen LogP contribution in [0.1, 0.15) is 33.9 Å². The predicted molar refractivity (Wildman–Crippen MR) is 81.7 cm³/mol. The Kier molecular flexibility index (Phi) is 4.78. The van der Waals surface area contributed by atoms with Gasteiger partial charge in [0.05, 0.1) is 18.0 Å². The number of carboxylic acid groups (broad SMARTS) is 1. The summed E-state index contributed by atoms with van der Waals surface area (Å²) in [5, 5.41) is 21.5. The van der Waals surface area contributed by atoms with E-state index in [0.717, 1.165) is 5.56 Å². The number of rotatable bonds is 5. The zero-order valence-electron chi connectivity index (χ0n) is 12.1. The fraction of sp³-hybridized carbons (Fsp3) is 0.176. The van der Waals surface area contributed by atoms with E-state index in [0.29, 0.717) is 5.56 Å². The Labute approximate surface area is 128 Å². The van der Waals surface area contributed by atoms with Crippen LogP contribution >= 0.6 is 0 Å². The van der Waals surface area contributed by atoms with E-state index in [1.807, 2.05) is 6.07 Å². The average molecular weight is 299 g/mol. The van der Waals surface area contributed by atoms with E-state index in [4.69, 9.17) is 5.11 Å². The van der Waals surface area contributed by atoms with Crippen molar-refractivity contribution in [3.63, 3.8) is 0 Å². The second-order valence-electron chi connectivity index (χ2n) is 5.06. The molecule has 22 heavy (non-hydrogen) atoms. The van der Waals surface area contributed by atoms with Crippen LogP contribution in [0.5, 0.6) is 5.75 Å². The van der Waals surface area contributed by atoms with E-state index in [1.54, 1.807) is 37.3 Å². The second kappa shape index (κ2) is 6.76. The van der Waals surface area contributed by atoms with Crippen molar-refractivity contribution in [2.75, 3.05) is 0 Å². The largest absolute Gasteiger partial charge is 0.507 e. The normalized spacial score (nSPS) is 11.7. The van der Waals surface area contributed by atoms with Gasteiger partial charge >= 0.3 is 5.97 Å². The standard InChI is InChI=1S/C17H17NO4/c1-11-7-8-13(15(19)9-11)17(22)18-14(10-16(20)21)12-5-3-2-4-6-12/h2-9,14,19H,10H2,1H3,(H,18,22)(H,20,21). The van der Waals surface area contributed by atoms with E-state index in [2.05, 4.69) is 5.32 Å². The van der Waals surface area contributed by atoms with Gasteiger partial charge in [-0.3, -0.25) is 9.59 Å². The van der Waals surface area contributed by atoms with Crippen molar-refractivity contribution in [1.29, 1.82) is 0 Å². The van der Waals surface area contributed by atoms with Crippen LogP contribution < -0.4 is 5.32 Å². The summed E-state index contributed by atoms with van der Waals surface area (Å²) >= 11 is 0. The molecular weight excluding hydrogens is 282 g/mol. The van der Waals surface area contributed by atoms with E-state index in [9.17, 15) is 14.7 Å². The number of phenols is 1. The maximum Gasteiger partial charge on any atom is 0.305 e. The minimum Gasteiger partial charge on any atom is -0.507 e. The fourth-order valence-corrected chi connectivity index (χ4v) is 2.18. The van der Waals surface area contributed by atoms with E-state index in [-0.39, 0.29) is 17.7 Å². The summed E-state index contributed by atoms with van der Waals surface area (Å²) in [5.41, 5.74) is 1.65. The van der Waals surface area contributed by atoms with Gasteiger partial charge in [0.2, 0.25) is 0 Å². The molecule has 5 heteroatoms. The predicted octanol–water partition coefficient (Wildman–Crippen LogP) is 2.65. The molecule has 0 heterocycles. The average Bonchev–Trinajstić information content (AvgIpc) is 2.46. The zero-order valence-corrected chi connectivity index (χ0v) is 12.1. The molecule has 2 rings (SSSR count). The molecule has 0 saturated carbocycles. The molecule has 0 aliphatic rings. The Balaban J connectivity index is 2.23. The highest BCUT2D eigenvalue weighted by molar-refractivity contribution is 5.97. The van der Waals surface area contributed by atoms with Gasteiger partial charge in [0.1, 0.15) is 5.75 Å². The topological polar surface area (TPSA) is 86.6 Å². The number of carbonyl (C=O) groups is 2. The van der Waals surface area contributed by atoms with Crippen LogP contribution in [0.15, 0.2) is 48.5 Å². The van der Waals surface area contributed by atoms with Crippen molar-refractivity contribution < 1.29 is 19.8 Å². The number of benzene rings is 2. The van der Waals surface area contributed by atoms with Gasteiger partial charge in [0.25, 0.3) is 5.91 Å². The molecule has 1 atom stereocenters. The van der Waals surface area contributed by atoms with Gasteiger partial charge in [-0.2, -0.15) is 0 Å². The van der Waals surface area contributed by atoms with Gasteiger partial charge in [-0.05, 0) is 30.2 Å². The quantitative estimate of drug-likeness (QED) is 0.792. The maximum absolute atomic E-state index is 12.3. The third-order valence-corrected chi connectivity index (χ3v) is 3.28. The number of carboxylic acids is 1. The third-order valence-electron chi connectivity index (χ3n) is 3.28. The van der Waals surface area contributed by atoms with Gasteiger partial charge < -0.3 is 15.5 Å². The fourth-order valence-electron chi connectivity index (χ4n) is 2.18. The summed E-state index contributed by atoms with van der Waals surface area (Å²) < 4.78 is 0. The van der Waals surface area contributed by atoms with Crippen molar-refractivity contribution in [2.24, 2.45) is 0 Å². The molecular formula is C17H17NO4. The molecule has 0 aliphatic carbocycles. The van der Waals surface area contributed by atoms with Crippen molar-refractivity contribution in [2.45, 2.75) is 19.4 Å². The summed E-state index contributed by atoms with van der Waals surface area (Å²) in [5.74, 6) is -1.64. The number of phenolic OH excluding ortho intramolecular Hbond substituents is 1. The minimum absolute atomic E-state index is 0.122. The number of carbonyl (C=O) groups excluding carboxylic acids is 1. The molecule has 0 radical (unpaired) electrons. The van der Waals surface area contributed by atoms with E-state index < -0.39 is 17.9 Å². The molecule has 3 N–H and O–H groups in total. The zero-order chi connectivity index (χ0) is 16.1. The first-order chi connectivity index (χ1) is 10.5. The number of aliphatic carboxylic acids is 1. The van der Waals surface area contributed by atoms with Gasteiger partial charge in [0, 0.05) is 0 Å². The Hall–Kier alpha value is -2.82. The van der Waals surface area contributed by atoms with E-state index in [1.165, 1.54) is 12.1 Å². The molecule has 0 spiro atoms. The molecule has 1 unspecified atom stereocenters. The number of amides is 1. The number of aryl methyl sites for hydroxylation is 1. The highest BCUT2D eigenvalue weighted by atomic mass is 16.4. The lowest BCUT2D eigenvalue weighted by Gasteiger charge is -2.18. The first-order valence-electron chi connectivity index (χ1n) is 6.84. The number of aromatic hydroxyl groups is 1. The van der Waals surface area contributed by atoms with Crippen LogP contribution in [0, 0.1) is 6.92 Å². The summed E-state index contributed by atoms with van der Waals surface area (Å²) in [4.78, 5) is 23.3. The molecule has 2 aromatic carbocycles. The smallest absolute Gasteiger partial charge is 0.305 e. The summed E-state index contributed by atoms with van der Waals surface area (Å²) in [6.45, 7) is 1.80. The van der Waals surface area contributed by atoms with Crippen LogP contribution in [0.4, 0.5) is 0 Å². The molecule has 0 aliphatic heterocycles. The summed E-state index contributed by atoms with van der Waals surface area (Å²) in [6, 6.07) is 12.9. The summed E-state index contributed by atoms with van der Waals surface area (Å²) in [7, 11) is 0. The highest BCUT2D eigenvalue weighted by Gasteiger charge is 2.20. The van der Waals surface area contributed by atoms with Crippen molar-refractivity contribution in [1.82, 2.24) is 5.32 Å². The first-order valence-corrected chi connectivity index (χ1v) is 6.84. The van der Waals surface area contributed by atoms with Crippen LogP contribution in [-0.4, -0.2) is 22.1 Å². The second-order valence-corrected chi connectivity index (χ2v) is 5.06. The molecule has 2 aromatic rings. The number of hydrogen-bond donors (Lipinski definition) is 3. The minimum atomic E-state index is -1.01. The molecule has 0 aromatic heterocycles. The van der Waals surface area contributed by atoms with Crippen molar-refractivity contribution in [3.8, 4) is 5.75 Å². The SMILES string of the molecule is Cc1ccc(C(=O)NC(CC(=O)O)c2ccccc2)c(O)c1. The molecule has 0 saturated heterocycles. The van der Waals surface area contributed by atoms with Gasteiger partial charge in [-0.1, -0.05) is 36.4 Å². The lowest BCUT2D eigenvalue weighted by molar-refractivity contribution is -0.137. The highest BCUT2D eigenvalue weighted by Crippen LogP contribution is 2.21. The third kappa shape index (κ3) is 3.85. The van der Waals surface area contributed by atoms with Crippen LogP contribution in [0.3, 0.4) is 0 Å². The van der Waals surface area contributed by atoms with Gasteiger partial charge in [-0.25, -0.2) is 0 Å². The Morgan fingerprint density at radius 3 is 2.41 bits per heavy atom. The molecule has 0 bridgehead atoms. The van der Waals surface area contributed by atoms with Crippen LogP contribution in [0.25, 0.3) is 0 Å². The molecule has 0 fully saturated rings. The monoisotopic (exact) mass is 299 g/mol. The van der Waals surface area contributed by atoms with Crippen molar-refractivity contribution in [3.05, 3.63) is 65.2 Å². The first kappa shape index (κ1) is 15.6. The van der Waals surface area contributed by atoms with E-state index >= 15 is 0 Å². The molecule has 5 nitrogen and oxygen atoms in total. The lowest BCUT2D eigenvalue weighted by atomic mass is 10.0. The van der Waals surface area contributed by atoms with Crippen molar-refractivity contribution >= 4 is 11.9 Å².